The molecule has 0 aliphatic carbocycles. The predicted molar refractivity (Wildman–Crippen MR) is 62.0 cm³/mol. The number of carbonyl (C=O) groups excluding carboxylic acids is 1. The molecule has 1 aromatic heterocycles. The molecule has 88 valence electrons. The number of carbonyl (C=O) groups is 1. The largest absolute Gasteiger partial charge is 0.508 e. The van der Waals surface area contributed by atoms with Gasteiger partial charge in [0.1, 0.15) is 17.1 Å². The molecule has 0 atom stereocenters. The summed E-state index contributed by atoms with van der Waals surface area (Å²) in [5.41, 5.74) is 1.49. The number of nitrogens with zero attached hydrogens (tertiary/aromatic N) is 1. The molecule has 1 aromatic carbocycles. The number of amides is 1. The van der Waals surface area contributed by atoms with Crippen LogP contribution in [0.15, 0.2) is 28.8 Å². The SMILES string of the molecule is Cc1noc(C)c1C(=O)Nc1cccc(O)c1. The maximum absolute atomic E-state index is 11.9. The molecule has 0 bridgehead atoms. The van der Waals surface area contributed by atoms with Gasteiger partial charge >= 0.3 is 0 Å². The van der Waals surface area contributed by atoms with Crippen molar-refractivity contribution in [3.8, 4) is 5.75 Å². The van der Waals surface area contributed by atoms with Gasteiger partial charge in [0.15, 0.2) is 0 Å². The Bertz CT molecular complexity index is 541. The van der Waals surface area contributed by atoms with Crippen LogP contribution in [0.25, 0.3) is 0 Å². The Kier molecular flexibility index (Phi) is 2.82. The first kappa shape index (κ1) is 11.2. The molecule has 0 spiro atoms. The molecule has 0 aliphatic heterocycles. The summed E-state index contributed by atoms with van der Waals surface area (Å²) in [6.07, 6.45) is 0. The molecule has 0 aliphatic rings. The second-order valence-electron chi connectivity index (χ2n) is 3.70. The zero-order valence-electron chi connectivity index (χ0n) is 9.52. The number of anilines is 1. The first-order valence-electron chi connectivity index (χ1n) is 5.11. The second-order valence-corrected chi connectivity index (χ2v) is 3.70. The third-order valence-electron chi connectivity index (χ3n) is 2.36. The molecule has 0 fully saturated rings. The minimum Gasteiger partial charge on any atom is -0.508 e. The van der Waals surface area contributed by atoms with E-state index in [1.807, 2.05) is 0 Å². The van der Waals surface area contributed by atoms with Crippen LogP contribution in [-0.2, 0) is 0 Å². The van der Waals surface area contributed by atoms with Crippen molar-refractivity contribution in [1.82, 2.24) is 5.16 Å². The van der Waals surface area contributed by atoms with Gasteiger partial charge in [-0.3, -0.25) is 4.79 Å². The molecule has 0 unspecified atom stereocenters. The second kappa shape index (κ2) is 4.29. The average Bonchev–Trinajstić information content (AvgIpc) is 2.58. The molecule has 1 heterocycles. The molecule has 5 heteroatoms. The van der Waals surface area contributed by atoms with E-state index in [2.05, 4.69) is 10.5 Å². The van der Waals surface area contributed by atoms with Crippen LogP contribution in [0.1, 0.15) is 21.8 Å². The lowest BCUT2D eigenvalue weighted by Crippen LogP contribution is -2.13. The van der Waals surface area contributed by atoms with Gasteiger partial charge in [-0.2, -0.15) is 0 Å². The maximum atomic E-state index is 11.9. The van der Waals surface area contributed by atoms with Crippen molar-refractivity contribution in [2.75, 3.05) is 5.32 Å². The van der Waals surface area contributed by atoms with Crippen LogP contribution in [0.3, 0.4) is 0 Å². The smallest absolute Gasteiger partial charge is 0.261 e. The highest BCUT2D eigenvalue weighted by Crippen LogP contribution is 2.18. The van der Waals surface area contributed by atoms with E-state index in [-0.39, 0.29) is 11.7 Å². The number of aromatic nitrogens is 1. The summed E-state index contributed by atoms with van der Waals surface area (Å²) in [4.78, 5) is 11.9. The number of hydrogen-bond acceptors (Lipinski definition) is 4. The first-order chi connectivity index (χ1) is 8.08. The third kappa shape index (κ3) is 2.28. The van der Waals surface area contributed by atoms with Crippen LogP contribution in [-0.4, -0.2) is 16.2 Å². The van der Waals surface area contributed by atoms with Crippen molar-refractivity contribution in [2.24, 2.45) is 0 Å². The minimum atomic E-state index is -0.299. The summed E-state index contributed by atoms with van der Waals surface area (Å²) in [6, 6.07) is 6.34. The molecule has 0 radical (unpaired) electrons. The summed E-state index contributed by atoms with van der Waals surface area (Å²) in [5.74, 6) is 0.272. The van der Waals surface area contributed by atoms with Gasteiger partial charge in [0.2, 0.25) is 0 Å². The van der Waals surface area contributed by atoms with Crippen LogP contribution in [0.2, 0.25) is 0 Å². The van der Waals surface area contributed by atoms with Crippen molar-refractivity contribution < 1.29 is 14.4 Å². The predicted octanol–water partition coefficient (Wildman–Crippen LogP) is 2.25. The van der Waals surface area contributed by atoms with E-state index in [4.69, 9.17) is 4.52 Å². The van der Waals surface area contributed by atoms with Crippen LogP contribution in [0, 0.1) is 13.8 Å². The Morgan fingerprint density at radius 3 is 2.76 bits per heavy atom. The average molecular weight is 232 g/mol. The quantitative estimate of drug-likeness (QED) is 0.832. The van der Waals surface area contributed by atoms with E-state index >= 15 is 0 Å². The minimum absolute atomic E-state index is 0.0987. The van der Waals surface area contributed by atoms with Crippen molar-refractivity contribution in [3.63, 3.8) is 0 Å². The van der Waals surface area contributed by atoms with Crippen molar-refractivity contribution in [2.45, 2.75) is 13.8 Å². The summed E-state index contributed by atoms with van der Waals surface area (Å²) < 4.78 is 4.92. The fraction of sp³-hybridized carbons (Fsp3) is 0.167. The lowest BCUT2D eigenvalue weighted by atomic mass is 10.2. The molecular formula is C12H12N2O3. The Morgan fingerprint density at radius 2 is 2.18 bits per heavy atom. The topological polar surface area (TPSA) is 75.4 Å². The molecule has 0 saturated carbocycles. The summed E-state index contributed by atoms with van der Waals surface area (Å²) in [7, 11) is 0. The summed E-state index contributed by atoms with van der Waals surface area (Å²) in [5, 5.41) is 15.7. The van der Waals surface area contributed by atoms with Crippen LogP contribution < -0.4 is 5.32 Å². The fourth-order valence-electron chi connectivity index (χ4n) is 1.58. The van der Waals surface area contributed by atoms with E-state index in [0.717, 1.165) is 0 Å². The van der Waals surface area contributed by atoms with E-state index in [9.17, 15) is 9.90 Å². The number of benzene rings is 1. The molecule has 2 aromatic rings. The summed E-state index contributed by atoms with van der Waals surface area (Å²) >= 11 is 0. The zero-order valence-corrected chi connectivity index (χ0v) is 9.52. The number of hydrogen-bond donors (Lipinski definition) is 2. The number of phenols is 1. The van der Waals surface area contributed by atoms with Gasteiger partial charge in [-0.1, -0.05) is 11.2 Å². The standard InChI is InChI=1S/C12H12N2O3/c1-7-11(8(2)17-14-7)12(16)13-9-4-3-5-10(15)6-9/h3-6,15H,1-2H3,(H,13,16). The fourth-order valence-corrected chi connectivity index (χ4v) is 1.58. The highest BCUT2D eigenvalue weighted by molar-refractivity contribution is 6.05. The zero-order chi connectivity index (χ0) is 12.4. The monoisotopic (exact) mass is 232 g/mol. The summed E-state index contributed by atoms with van der Waals surface area (Å²) in [6.45, 7) is 3.38. The molecule has 5 nitrogen and oxygen atoms in total. The molecule has 1 amide bonds. The van der Waals surface area contributed by atoms with E-state index in [1.165, 1.54) is 12.1 Å². The Labute approximate surface area is 98.1 Å². The Morgan fingerprint density at radius 1 is 1.41 bits per heavy atom. The Hall–Kier alpha value is -2.30. The van der Waals surface area contributed by atoms with E-state index in [0.29, 0.717) is 22.7 Å². The highest BCUT2D eigenvalue weighted by atomic mass is 16.5. The normalized spacial score (nSPS) is 10.2. The van der Waals surface area contributed by atoms with Crippen LogP contribution >= 0.6 is 0 Å². The van der Waals surface area contributed by atoms with E-state index < -0.39 is 0 Å². The Balaban J connectivity index is 2.23. The third-order valence-corrected chi connectivity index (χ3v) is 2.36. The van der Waals surface area contributed by atoms with Crippen LogP contribution in [0.5, 0.6) is 5.75 Å². The van der Waals surface area contributed by atoms with Crippen LogP contribution in [0.4, 0.5) is 5.69 Å². The van der Waals surface area contributed by atoms with Crippen molar-refractivity contribution >= 4 is 11.6 Å². The van der Waals surface area contributed by atoms with Gasteiger partial charge in [-0.25, -0.2) is 0 Å². The molecular weight excluding hydrogens is 220 g/mol. The van der Waals surface area contributed by atoms with Gasteiger partial charge < -0.3 is 14.9 Å². The number of aromatic hydroxyl groups is 1. The number of nitrogens with one attached hydrogen (secondary N) is 1. The van der Waals surface area contributed by atoms with E-state index in [1.54, 1.807) is 26.0 Å². The van der Waals surface area contributed by atoms with Gasteiger partial charge in [0.25, 0.3) is 5.91 Å². The lowest BCUT2D eigenvalue weighted by molar-refractivity contribution is 0.102. The van der Waals surface area contributed by atoms with Gasteiger partial charge in [-0.05, 0) is 26.0 Å². The first-order valence-corrected chi connectivity index (χ1v) is 5.11. The molecule has 2 rings (SSSR count). The lowest BCUT2D eigenvalue weighted by Gasteiger charge is -2.04. The molecule has 17 heavy (non-hydrogen) atoms. The molecule has 0 saturated heterocycles. The number of aryl methyl sites for hydroxylation is 2. The molecule has 2 N–H and O–H groups in total. The van der Waals surface area contributed by atoms with Crippen molar-refractivity contribution in [1.29, 1.82) is 0 Å². The number of rotatable bonds is 2. The van der Waals surface area contributed by atoms with Crippen molar-refractivity contribution in [3.05, 3.63) is 41.3 Å². The maximum Gasteiger partial charge on any atom is 0.261 e. The van der Waals surface area contributed by atoms with Gasteiger partial charge in [0, 0.05) is 11.8 Å². The number of phenolic OH excluding ortho intramolecular Hbond substituents is 1. The van der Waals surface area contributed by atoms with Gasteiger partial charge in [-0.15, -0.1) is 0 Å². The van der Waals surface area contributed by atoms with Gasteiger partial charge in [0.05, 0.1) is 5.69 Å². The highest BCUT2D eigenvalue weighted by Gasteiger charge is 2.17.